The van der Waals surface area contributed by atoms with E-state index in [1.165, 1.54) is 16.9 Å². The second kappa shape index (κ2) is 11.4. The minimum atomic E-state index is -4.56. The van der Waals surface area contributed by atoms with Gasteiger partial charge in [0.05, 0.1) is 29.9 Å². The fourth-order valence-electron chi connectivity index (χ4n) is 4.05. The first-order valence-corrected chi connectivity index (χ1v) is 12.0. The predicted molar refractivity (Wildman–Crippen MR) is 125 cm³/mol. The van der Waals surface area contributed by atoms with Crippen LogP contribution in [0.3, 0.4) is 0 Å². The van der Waals surface area contributed by atoms with Gasteiger partial charge >= 0.3 is 45.9 Å². The van der Waals surface area contributed by atoms with Gasteiger partial charge in [0.25, 0.3) is 0 Å². The van der Waals surface area contributed by atoms with Crippen LogP contribution in [0.5, 0.6) is 0 Å². The quantitative estimate of drug-likeness (QED) is 0.574. The van der Waals surface area contributed by atoms with Crippen LogP contribution in [0, 0.1) is 0 Å². The first-order chi connectivity index (χ1) is 15.4. The Labute approximate surface area is 220 Å². The summed E-state index contributed by atoms with van der Waals surface area (Å²) in [6, 6.07) is 2.97. The molecule has 0 spiro atoms. The zero-order valence-electron chi connectivity index (χ0n) is 18.8. The minimum absolute atomic E-state index is 0. The van der Waals surface area contributed by atoms with Crippen molar-refractivity contribution >= 4 is 51.4 Å². The monoisotopic (exact) mass is 511 g/mol. The Hall–Kier alpha value is -1.60. The maximum atomic E-state index is 13.3. The van der Waals surface area contributed by atoms with Gasteiger partial charge in [-0.05, 0) is 56.1 Å². The fraction of sp³-hybridized carbons (Fsp3) is 0.524. The molecule has 1 atom stereocenters. The molecule has 1 N–H and O–H groups in total. The number of hydrogen-bond donors (Lipinski definition) is 1. The summed E-state index contributed by atoms with van der Waals surface area (Å²) in [6.45, 7) is 3.01. The molecule has 1 aliphatic rings. The standard InChI is InChI=1S/C21H28F3N5O3S.Na.H/c1-4-15-8-16(10-17(9-15)21(22,23)24)11-20(30)26-33(31,32)29(19-12-25-28(3)14-19)18-6-5-7-27(2)13-18;;/h8-10,12,14,18H,4-7,11,13H2,1-3H3,(H,26,30);;. The van der Waals surface area contributed by atoms with Crippen LogP contribution in [-0.4, -0.2) is 84.7 Å². The molecule has 34 heavy (non-hydrogen) atoms. The number of hydrogen-bond acceptors (Lipinski definition) is 5. The van der Waals surface area contributed by atoms with Gasteiger partial charge in [-0.1, -0.05) is 13.0 Å². The molecule has 0 bridgehead atoms. The zero-order valence-corrected chi connectivity index (χ0v) is 19.6. The third-order valence-corrected chi connectivity index (χ3v) is 7.04. The average molecular weight is 512 g/mol. The molecule has 1 saturated heterocycles. The number of likely N-dealkylation sites (N-methyl/N-ethyl adjacent to an activating group) is 1. The summed E-state index contributed by atoms with van der Waals surface area (Å²) >= 11 is 0. The van der Waals surface area contributed by atoms with Gasteiger partial charge < -0.3 is 4.90 Å². The van der Waals surface area contributed by atoms with Crippen LogP contribution in [0.1, 0.15) is 36.5 Å². The summed E-state index contributed by atoms with van der Waals surface area (Å²) in [5.41, 5.74) is -0.0439. The van der Waals surface area contributed by atoms with Crippen LogP contribution in [0.4, 0.5) is 18.9 Å². The molecule has 1 aromatic carbocycles. The van der Waals surface area contributed by atoms with Crippen molar-refractivity contribution in [3.05, 3.63) is 47.3 Å². The van der Waals surface area contributed by atoms with E-state index in [0.29, 0.717) is 30.6 Å². The Balaban J connectivity index is 0.00000408. The predicted octanol–water partition coefficient (Wildman–Crippen LogP) is 1.86. The molecule has 1 aromatic heterocycles. The van der Waals surface area contributed by atoms with Gasteiger partial charge in [0.1, 0.15) is 0 Å². The number of nitrogens with one attached hydrogen (secondary N) is 1. The molecule has 0 radical (unpaired) electrons. The van der Waals surface area contributed by atoms with Crippen LogP contribution in [0.2, 0.25) is 0 Å². The van der Waals surface area contributed by atoms with Gasteiger partial charge in [-0.3, -0.25) is 9.48 Å². The number of aryl methyl sites for hydroxylation is 2. The summed E-state index contributed by atoms with van der Waals surface area (Å²) in [7, 11) is -0.789. The van der Waals surface area contributed by atoms with Gasteiger partial charge in [-0.25, -0.2) is 9.03 Å². The van der Waals surface area contributed by atoms with Crippen molar-refractivity contribution in [3.63, 3.8) is 0 Å². The SMILES string of the molecule is CCc1cc(CC(=O)NS(=O)(=O)N(c2cnn(C)c2)C2CCCN(C)C2)cc(C(F)(F)F)c1.[NaH]. The van der Waals surface area contributed by atoms with Crippen molar-refractivity contribution in [1.29, 1.82) is 0 Å². The number of nitrogens with zero attached hydrogens (tertiary/aromatic N) is 4. The second-order valence-electron chi connectivity index (χ2n) is 8.32. The van der Waals surface area contributed by atoms with E-state index in [0.717, 1.165) is 29.4 Å². The van der Waals surface area contributed by atoms with Crippen LogP contribution in [0.15, 0.2) is 30.6 Å². The summed E-state index contributed by atoms with van der Waals surface area (Å²) in [4.78, 5) is 14.7. The number of alkyl halides is 3. The van der Waals surface area contributed by atoms with Crippen molar-refractivity contribution in [2.75, 3.05) is 24.4 Å². The molecule has 2 aromatic rings. The van der Waals surface area contributed by atoms with Gasteiger partial charge in [0, 0.05) is 19.8 Å². The van der Waals surface area contributed by atoms with Gasteiger partial charge in [-0.2, -0.15) is 26.7 Å². The zero-order chi connectivity index (χ0) is 24.4. The first kappa shape index (κ1) is 28.6. The molecule has 3 rings (SSSR count). The number of anilines is 1. The maximum absolute atomic E-state index is 13.3. The molecule has 1 aliphatic heterocycles. The Bertz CT molecular complexity index is 1110. The summed E-state index contributed by atoms with van der Waals surface area (Å²) in [5, 5.41) is 4.04. The Morgan fingerprint density at radius 1 is 1.24 bits per heavy atom. The Morgan fingerprint density at radius 3 is 2.47 bits per heavy atom. The van der Waals surface area contributed by atoms with Crippen molar-refractivity contribution in [3.8, 4) is 0 Å². The molecule has 0 aliphatic carbocycles. The number of rotatable bonds is 7. The number of carbonyl (C=O) groups excluding carboxylic acids is 1. The van der Waals surface area contributed by atoms with E-state index in [1.807, 2.05) is 16.7 Å². The molecule has 13 heteroatoms. The number of aromatic nitrogens is 2. The summed E-state index contributed by atoms with van der Waals surface area (Å²) in [6.07, 6.45) is -0.389. The van der Waals surface area contributed by atoms with Crippen molar-refractivity contribution < 1.29 is 26.4 Å². The number of piperidine rings is 1. The van der Waals surface area contributed by atoms with Crippen LogP contribution in [0.25, 0.3) is 0 Å². The third kappa shape index (κ3) is 7.20. The molecule has 0 saturated carbocycles. The number of benzene rings is 1. The molecule has 1 amide bonds. The van der Waals surface area contributed by atoms with E-state index in [2.05, 4.69) is 5.10 Å². The van der Waals surface area contributed by atoms with Crippen LogP contribution < -0.4 is 9.03 Å². The fourth-order valence-corrected chi connectivity index (χ4v) is 5.44. The van der Waals surface area contributed by atoms with Crippen molar-refractivity contribution in [2.45, 2.75) is 44.8 Å². The normalized spacial score (nSPS) is 17.2. The third-order valence-electron chi connectivity index (χ3n) is 5.53. The topological polar surface area (TPSA) is 87.5 Å². The van der Waals surface area contributed by atoms with Gasteiger partial charge in [-0.15, -0.1) is 0 Å². The molecule has 1 unspecified atom stereocenters. The van der Waals surface area contributed by atoms with Gasteiger partial charge in [0.2, 0.25) is 5.91 Å². The summed E-state index contributed by atoms with van der Waals surface area (Å²) in [5.74, 6) is -0.908. The van der Waals surface area contributed by atoms with E-state index < -0.39 is 40.3 Å². The molecule has 1 fully saturated rings. The number of amides is 1. The molecular formula is C21H29F3N5NaO3S. The summed E-state index contributed by atoms with van der Waals surface area (Å²) < 4.78 is 70.8. The molecule has 8 nitrogen and oxygen atoms in total. The van der Waals surface area contributed by atoms with Gasteiger partial charge in [0.15, 0.2) is 0 Å². The average Bonchev–Trinajstić information content (AvgIpc) is 3.11. The number of carbonyl (C=O) groups is 1. The molecule has 184 valence electrons. The van der Waals surface area contributed by atoms with E-state index >= 15 is 0 Å². The Morgan fingerprint density at radius 2 is 1.91 bits per heavy atom. The van der Waals surface area contributed by atoms with E-state index in [9.17, 15) is 26.4 Å². The van der Waals surface area contributed by atoms with E-state index in [1.54, 1.807) is 20.2 Å². The van der Waals surface area contributed by atoms with Crippen LogP contribution in [-0.2, 0) is 41.1 Å². The van der Waals surface area contributed by atoms with Crippen molar-refractivity contribution in [1.82, 2.24) is 19.4 Å². The molecule has 2 heterocycles. The van der Waals surface area contributed by atoms with Crippen LogP contribution >= 0.6 is 0 Å². The van der Waals surface area contributed by atoms with Crippen molar-refractivity contribution in [2.24, 2.45) is 7.05 Å². The Kier molecular flexibility index (Phi) is 9.62. The first-order valence-electron chi connectivity index (χ1n) is 10.6. The van der Waals surface area contributed by atoms with E-state index in [4.69, 9.17) is 0 Å². The number of likely N-dealkylation sites (tertiary alicyclic amines) is 1. The molecular weight excluding hydrogens is 482 g/mol. The second-order valence-corrected chi connectivity index (χ2v) is 9.87. The number of halogens is 3. The van der Waals surface area contributed by atoms with E-state index in [-0.39, 0.29) is 35.1 Å².